The van der Waals surface area contributed by atoms with Gasteiger partial charge in [0.15, 0.2) is 0 Å². The van der Waals surface area contributed by atoms with Gasteiger partial charge in [-0.05, 0) is 6.07 Å². The highest BCUT2D eigenvalue weighted by molar-refractivity contribution is 5.96. The zero-order chi connectivity index (χ0) is 15.0. The van der Waals surface area contributed by atoms with Gasteiger partial charge in [0, 0.05) is 27.3 Å². The lowest BCUT2D eigenvalue weighted by Gasteiger charge is -2.14. The van der Waals surface area contributed by atoms with E-state index < -0.39 is 17.2 Å². The van der Waals surface area contributed by atoms with Crippen LogP contribution in [0.5, 0.6) is 0 Å². The lowest BCUT2D eigenvalue weighted by molar-refractivity contribution is -0.0757. The van der Waals surface area contributed by atoms with Crippen molar-refractivity contribution < 1.29 is 9.63 Å². The van der Waals surface area contributed by atoms with Crippen molar-refractivity contribution in [1.82, 2.24) is 19.2 Å². The van der Waals surface area contributed by atoms with E-state index >= 15 is 0 Å². The van der Waals surface area contributed by atoms with Crippen LogP contribution in [0, 0.1) is 0 Å². The number of carbonyl (C=O) groups is 1. The molecule has 0 radical (unpaired) electrons. The standard InChI is InChI=1S/C12H14N4O4/c1-14-9-8(11(18)15(2)12(14)19)5-7(6-13-9)10(17)16(3)20-4/h5-6H,1-4H3. The van der Waals surface area contributed by atoms with Gasteiger partial charge in [-0.2, -0.15) is 0 Å². The summed E-state index contributed by atoms with van der Waals surface area (Å²) in [4.78, 5) is 44.6. The molecule has 1 amide bonds. The molecule has 0 N–H and O–H groups in total. The third kappa shape index (κ3) is 1.99. The molecule has 0 saturated carbocycles. The maximum absolute atomic E-state index is 12.1. The monoisotopic (exact) mass is 278 g/mol. The summed E-state index contributed by atoms with van der Waals surface area (Å²) in [6.45, 7) is 0. The molecule has 0 saturated heterocycles. The smallest absolute Gasteiger partial charge is 0.280 e. The summed E-state index contributed by atoms with van der Waals surface area (Å²) in [5.41, 5.74) is -0.527. The number of pyridine rings is 1. The Hall–Kier alpha value is -2.48. The van der Waals surface area contributed by atoms with Crippen LogP contribution in [-0.2, 0) is 18.9 Å². The van der Waals surface area contributed by atoms with Crippen molar-refractivity contribution in [3.05, 3.63) is 38.7 Å². The Kier molecular flexibility index (Phi) is 3.41. The van der Waals surface area contributed by atoms with Gasteiger partial charge < -0.3 is 0 Å². The highest BCUT2D eigenvalue weighted by atomic mass is 16.7. The highest BCUT2D eigenvalue weighted by Crippen LogP contribution is 2.09. The van der Waals surface area contributed by atoms with Gasteiger partial charge >= 0.3 is 5.69 Å². The van der Waals surface area contributed by atoms with Gasteiger partial charge in [-0.25, -0.2) is 14.8 Å². The van der Waals surface area contributed by atoms with Gasteiger partial charge in [-0.3, -0.25) is 23.6 Å². The summed E-state index contributed by atoms with van der Waals surface area (Å²) in [5, 5.41) is 1.22. The Labute approximate surface area is 113 Å². The maximum Gasteiger partial charge on any atom is 0.332 e. The van der Waals surface area contributed by atoms with Crippen LogP contribution in [0.4, 0.5) is 0 Å². The molecule has 0 spiro atoms. The molecule has 2 rings (SSSR count). The number of hydroxylamine groups is 2. The second kappa shape index (κ2) is 4.89. The van der Waals surface area contributed by atoms with E-state index in [2.05, 4.69) is 4.98 Å². The number of fused-ring (bicyclic) bond motifs is 1. The van der Waals surface area contributed by atoms with E-state index in [4.69, 9.17) is 4.84 Å². The summed E-state index contributed by atoms with van der Waals surface area (Å²) in [6.07, 6.45) is 1.30. The first-order chi connectivity index (χ1) is 9.38. The molecule has 8 nitrogen and oxygen atoms in total. The fourth-order valence-electron chi connectivity index (χ4n) is 1.85. The van der Waals surface area contributed by atoms with E-state index in [1.54, 1.807) is 0 Å². The molecule has 2 aromatic rings. The first kappa shape index (κ1) is 13.9. The average molecular weight is 278 g/mol. The van der Waals surface area contributed by atoms with Gasteiger partial charge in [0.1, 0.15) is 5.65 Å². The van der Waals surface area contributed by atoms with E-state index in [1.165, 1.54) is 45.1 Å². The van der Waals surface area contributed by atoms with E-state index in [-0.39, 0.29) is 16.6 Å². The van der Waals surface area contributed by atoms with Crippen LogP contribution in [0.15, 0.2) is 21.9 Å². The second-order valence-corrected chi connectivity index (χ2v) is 4.29. The van der Waals surface area contributed by atoms with Crippen molar-refractivity contribution in [2.75, 3.05) is 14.2 Å². The van der Waals surface area contributed by atoms with Crippen LogP contribution in [0.25, 0.3) is 11.0 Å². The van der Waals surface area contributed by atoms with E-state index in [0.717, 1.165) is 9.63 Å². The Bertz CT molecular complexity index is 805. The summed E-state index contributed by atoms with van der Waals surface area (Å²) in [7, 11) is 5.69. The number of rotatable bonds is 2. The summed E-state index contributed by atoms with van der Waals surface area (Å²) in [6, 6.07) is 1.40. The number of hydrogen-bond acceptors (Lipinski definition) is 5. The lowest BCUT2D eigenvalue weighted by atomic mass is 10.2. The Balaban J connectivity index is 2.76. The fraction of sp³-hybridized carbons (Fsp3) is 0.333. The molecule has 0 aliphatic carbocycles. The Morgan fingerprint density at radius 3 is 2.55 bits per heavy atom. The van der Waals surface area contributed by atoms with E-state index in [0.29, 0.717) is 0 Å². The third-order valence-electron chi connectivity index (χ3n) is 3.10. The summed E-state index contributed by atoms with van der Waals surface area (Å²) in [5.74, 6) is -0.433. The molecule has 0 atom stereocenters. The number of hydrogen-bond donors (Lipinski definition) is 0. The van der Waals surface area contributed by atoms with Crippen LogP contribution >= 0.6 is 0 Å². The van der Waals surface area contributed by atoms with Crippen molar-refractivity contribution in [2.45, 2.75) is 0 Å². The van der Waals surface area contributed by atoms with E-state index in [1.807, 2.05) is 0 Å². The zero-order valence-electron chi connectivity index (χ0n) is 11.6. The molecule has 0 aliphatic rings. The minimum Gasteiger partial charge on any atom is -0.280 e. The molecule has 2 aromatic heterocycles. The maximum atomic E-state index is 12.1. The molecule has 20 heavy (non-hydrogen) atoms. The molecule has 0 aliphatic heterocycles. The molecule has 0 unspecified atom stereocenters. The minimum absolute atomic E-state index is 0.199. The van der Waals surface area contributed by atoms with Crippen molar-refractivity contribution in [3.63, 3.8) is 0 Å². The molecule has 0 aromatic carbocycles. The fourth-order valence-corrected chi connectivity index (χ4v) is 1.85. The van der Waals surface area contributed by atoms with Crippen molar-refractivity contribution in [1.29, 1.82) is 0 Å². The quantitative estimate of drug-likeness (QED) is 0.676. The largest absolute Gasteiger partial charge is 0.332 e. The predicted molar refractivity (Wildman–Crippen MR) is 71.3 cm³/mol. The molecule has 8 heteroatoms. The first-order valence-corrected chi connectivity index (χ1v) is 5.76. The van der Waals surface area contributed by atoms with Crippen LogP contribution in [-0.4, -0.2) is 39.2 Å². The van der Waals surface area contributed by atoms with Gasteiger partial charge in [-0.1, -0.05) is 0 Å². The minimum atomic E-state index is -0.495. The topological polar surface area (TPSA) is 86.4 Å². The van der Waals surface area contributed by atoms with Crippen LogP contribution in [0.2, 0.25) is 0 Å². The van der Waals surface area contributed by atoms with Crippen LogP contribution in [0.3, 0.4) is 0 Å². The number of aryl methyl sites for hydroxylation is 1. The van der Waals surface area contributed by atoms with Gasteiger partial charge in [0.25, 0.3) is 11.5 Å². The SMILES string of the molecule is CON(C)C(=O)c1cnc2c(c1)c(=O)n(C)c(=O)n2C. The molecule has 0 bridgehead atoms. The predicted octanol–water partition coefficient (Wildman–Crippen LogP) is -0.734. The average Bonchev–Trinajstić information content (AvgIpc) is 2.48. The molecule has 0 fully saturated rings. The molecule has 2 heterocycles. The van der Waals surface area contributed by atoms with Crippen molar-refractivity contribution in [3.8, 4) is 0 Å². The van der Waals surface area contributed by atoms with Crippen molar-refractivity contribution in [2.24, 2.45) is 14.1 Å². The summed E-state index contributed by atoms with van der Waals surface area (Å²) < 4.78 is 2.23. The van der Waals surface area contributed by atoms with Crippen LogP contribution < -0.4 is 11.2 Å². The highest BCUT2D eigenvalue weighted by Gasteiger charge is 2.16. The van der Waals surface area contributed by atoms with Gasteiger partial charge in [-0.15, -0.1) is 0 Å². The molecular weight excluding hydrogens is 264 g/mol. The second-order valence-electron chi connectivity index (χ2n) is 4.29. The normalized spacial score (nSPS) is 10.8. The Morgan fingerprint density at radius 1 is 1.30 bits per heavy atom. The molecular formula is C12H14N4O4. The first-order valence-electron chi connectivity index (χ1n) is 5.76. The van der Waals surface area contributed by atoms with Gasteiger partial charge in [0.2, 0.25) is 0 Å². The third-order valence-corrected chi connectivity index (χ3v) is 3.10. The Morgan fingerprint density at radius 2 is 1.95 bits per heavy atom. The summed E-state index contributed by atoms with van der Waals surface area (Å²) >= 11 is 0. The van der Waals surface area contributed by atoms with Gasteiger partial charge in [0.05, 0.1) is 18.1 Å². The molecule has 106 valence electrons. The van der Waals surface area contributed by atoms with Crippen molar-refractivity contribution >= 4 is 16.9 Å². The number of amides is 1. The van der Waals surface area contributed by atoms with Crippen LogP contribution in [0.1, 0.15) is 10.4 Å². The number of nitrogens with zero attached hydrogens (tertiary/aromatic N) is 4. The zero-order valence-corrected chi connectivity index (χ0v) is 11.6. The lowest BCUT2D eigenvalue weighted by Crippen LogP contribution is -2.37. The number of aromatic nitrogens is 3. The number of carbonyl (C=O) groups excluding carboxylic acids is 1. The van der Waals surface area contributed by atoms with E-state index in [9.17, 15) is 14.4 Å².